The van der Waals surface area contributed by atoms with E-state index in [2.05, 4.69) is 30.2 Å². The Bertz CT molecular complexity index is 1690. The fourth-order valence-electron chi connectivity index (χ4n) is 6.06. The Morgan fingerprint density at radius 1 is 1.02 bits per heavy atom. The van der Waals surface area contributed by atoms with Gasteiger partial charge in [0.15, 0.2) is 17.4 Å². The number of pyridine rings is 1. The number of piperazine rings is 1. The summed E-state index contributed by atoms with van der Waals surface area (Å²) in [6, 6.07) is 2.73. The normalized spacial score (nSPS) is 16.1. The molecule has 0 aromatic carbocycles. The van der Waals surface area contributed by atoms with E-state index in [9.17, 15) is 27.6 Å². The van der Waals surface area contributed by atoms with E-state index in [-0.39, 0.29) is 48.3 Å². The van der Waals surface area contributed by atoms with Crippen LogP contribution in [-0.2, 0) is 27.0 Å². The topological polar surface area (TPSA) is 129 Å². The maximum atomic E-state index is 14.4. The Morgan fingerprint density at radius 3 is 2.44 bits per heavy atom. The number of piperidine rings is 1. The lowest BCUT2D eigenvalue weighted by molar-refractivity contribution is -0.137. The lowest BCUT2D eigenvalue weighted by atomic mass is 10.1. The molecule has 0 saturated carbocycles. The molecule has 0 aliphatic carbocycles. The van der Waals surface area contributed by atoms with Crippen LogP contribution in [0.3, 0.4) is 0 Å². The van der Waals surface area contributed by atoms with Gasteiger partial charge < -0.3 is 19.4 Å². The summed E-state index contributed by atoms with van der Waals surface area (Å²) in [5.74, 6) is -0.00210. The zero-order valence-electron chi connectivity index (χ0n) is 28.7. The van der Waals surface area contributed by atoms with Crippen LogP contribution in [0.1, 0.15) is 50.2 Å². The molecule has 270 valence electrons. The summed E-state index contributed by atoms with van der Waals surface area (Å²) in [5, 5.41) is 6.75. The van der Waals surface area contributed by atoms with Crippen molar-refractivity contribution in [2.75, 3.05) is 76.7 Å². The number of hydrogen-bond donors (Lipinski definition) is 1. The average Bonchev–Trinajstić information content (AvgIpc) is 3.49. The van der Waals surface area contributed by atoms with Crippen LogP contribution in [0.5, 0.6) is 0 Å². The van der Waals surface area contributed by atoms with Crippen molar-refractivity contribution >= 4 is 34.9 Å². The van der Waals surface area contributed by atoms with Crippen molar-refractivity contribution in [1.82, 2.24) is 34.3 Å². The van der Waals surface area contributed by atoms with E-state index in [0.29, 0.717) is 63.7 Å². The van der Waals surface area contributed by atoms with Gasteiger partial charge in [0.2, 0.25) is 5.91 Å². The first-order valence-electron chi connectivity index (χ1n) is 16.9. The number of allylic oxidation sites excluding steroid dienone is 1. The highest BCUT2D eigenvalue weighted by Gasteiger charge is 2.36. The van der Waals surface area contributed by atoms with Gasteiger partial charge in [0.05, 0.1) is 17.7 Å². The predicted octanol–water partition coefficient (Wildman–Crippen LogP) is 4.48. The highest BCUT2D eigenvalue weighted by Crippen LogP contribution is 2.38. The summed E-state index contributed by atoms with van der Waals surface area (Å²) in [5.41, 5.74) is 0.251. The second-order valence-electron chi connectivity index (χ2n) is 12.7. The van der Waals surface area contributed by atoms with Crippen LogP contribution in [-0.4, -0.2) is 119 Å². The third-order valence-electron chi connectivity index (χ3n) is 8.60. The Morgan fingerprint density at radius 2 is 1.76 bits per heavy atom. The van der Waals surface area contributed by atoms with Crippen molar-refractivity contribution in [3.05, 3.63) is 47.8 Å². The molecule has 2 fully saturated rings. The number of nitrogens with zero attached hydrogens (tertiary/aromatic N) is 8. The highest BCUT2D eigenvalue weighted by atomic mass is 19.4. The maximum absolute atomic E-state index is 14.4. The molecular weight excluding hydrogens is 655 g/mol. The van der Waals surface area contributed by atoms with Gasteiger partial charge in [0.25, 0.3) is 0 Å². The monoisotopic (exact) mass is 699 g/mol. The van der Waals surface area contributed by atoms with Gasteiger partial charge in [0, 0.05) is 77.6 Å². The quantitative estimate of drug-likeness (QED) is 0.271. The van der Waals surface area contributed by atoms with Gasteiger partial charge in [-0.05, 0) is 64.1 Å². The first kappa shape index (κ1) is 36.7. The zero-order chi connectivity index (χ0) is 35.8. The van der Waals surface area contributed by atoms with Gasteiger partial charge in [0.1, 0.15) is 11.3 Å². The van der Waals surface area contributed by atoms with Crippen molar-refractivity contribution in [1.29, 1.82) is 0 Å². The summed E-state index contributed by atoms with van der Waals surface area (Å²) in [4.78, 5) is 53.5. The van der Waals surface area contributed by atoms with Crippen molar-refractivity contribution in [2.24, 2.45) is 0 Å². The third-order valence-corrected chi connectivity index (χ3v) is 8.60. The van der Waals surface area contributed by atoms with Crippen LogP contribution >= 0.6 is 0 Å². The lowest BCUT2D eigenvalue weighted by Crippen LogP contribution is -2.48. The van der Waals surface area contributed by atoms with E-state index in [0.717, 1.165) is 37.1 Å². The van der Waals surface area contributed by atoms with Gasteiger partial charge >= 0.3 is 12.3 Å². The van der Waals surface area contributed by atoms with Gasteiger partial charge in [-0.1, -0.05) is 6.08 Å². The molecule has 16 heteroatoms. The van der Waals surface area contributed by atoms with Crippen LogP contribution in [0.25, 0.3) is 16.9 Å². The molecule has 0 radical (unpaired) electrons. The Balaban J connectivity index is 1.33. The summed E-state index contributed by atoms with van der Waals surface area (Å²) in [6.07, 6.45) is 3.75. The number of amides is 2. The molecule has 1 N–H and O–H groups in total. The van der Waals surface area contributed by atoms with E-state index < -0.39 is 17.8 Å². The van der Waals surface area contributed by atoms with Crippen LogP contribution in [0.15, 0.2) is 36.7 Å². The second-order valence-corrected chi connectivity index (χ2v) is 12.7. The first-order chi connectivity index (χ1) is 23.9. The molecule has 0 spiro atoms. The third kappa shape index (κ3) is 9.56. The maximum Gasteiger partial charge on any atom is 0.417 e. The average molecular weight is 700 g/mol. The van der Waals surface area contributed by atoms with Crippen LogP contribution in [0.4, 0.5) is 29.6 Å². The number of carbonyl (C=O) groups is 3. The van der Waals surface area contributed by atoms with E-state index in [1.54, 1.807) is 28.6 Å². The number of alkyl halides is 3. The summed E-state index contributed by atoms with van der Waals surface area (Å²) >= 11 is 0. The van der Waals surface area contributed by atoms with Gasteiger partial charge in [-0.15, -0.1) is 5.10 Å². The predicted molar refractivity (Wildman–Crippen MR) is 182 cm³/mol. The number of aromatic nitrogens is 4. The van der Waals surface area contributed by atoms with Gasteiger partial charge in [-0.2, -0.15) is 13.2 Å². The second kappa shape index (κ2) is 16.4. The van der Waals surface area contributed by atoms with Gasteiger partial charge in [-0.25, -0.2) is 19.3 Å². The molecule has 0 bridgehead atoms. The van der Waals surface area contributed by atoms with Crippen molar-refractivity contribution < 1.29 is 32.3 Å². The Kier molecular flexibility index (Phi) is 12.1. The van der Waals surface area contributed by atoms with E-state index in [4.69, 9.17) is 4.74 Å². The SMILES string of the molecule is CCOC(=O)Nc1cc(C(F)(F)F)c(-c2nc(N3CCCCC3)c3cc(CN4CCN(C(=O)CCC(=O)/C=C/CN(C)C)CC4)cn3n2)cn1. The number of hydrogen-bond acceptors (Lipinski definition) is 10. The molecule has 0 atom stereocenters. The number of halogens is 3. The van der Waals surface area contributed by atoms with Crippen LogP contribution < -0.4 is 10.2 Å². The van der Waals surface area contributed by atoms with E-state index >= 15 is 0 Å². The molecule has 2 saturated heterocycles. The zero-order valence-corrected chi connectivity index (χ0v) is 28.7. The van der Waals surface area contributed by atoms with Crippen LogP contribution in [0, 0.1) is 0 Å². The Labute approximate surface area is 289 Å². The van der Waals surface area contributed by atoms with Gasteiger partial charge in [-0.3, -0.25) is 19.8 Å². The molecule has 3 aromatic rings. The fraction of sp³-hybridized carbons (Fsp3) is 0.529. The van der Waals surface area contributed by atoms with Crippen LogP contribution in [0.2, 0.25) is 0 Å². The number of fused-ring (bicyclic) bond motifs is 1. The summed E-state index contributed by atoms with van der Waals surface area (Å²) in [7, 11) is 3.83. The minimum atomic E-state index is -4.78. The molecular formula is C34H44F3N9O4. The molecule has 50 heavy (non-hydrogen) atoms. The molecule has 2 aliphatic heterocycles. The molecule has 5 heterocycles. The smallest absolute Gasteiger partial charge is 0.417 e. The minimum absolute atomic E-state index is 0.0417. The molecule has 3 aromatic heterocycles. The number of nitrogens with one attached hydrogen (secondary N) is 1. The lowest BCUT2D eigenvalue weighted by Gasteiger charge is -2.34. The standard InChI is InChI=1S/C34H44F3N9O4/c1-4-50-33(49)39-29-20-27(34(35,36)37)26(21-38-29)31-40-32(45-13-6-5-7-14-45)28-19-24(23-46(28)41-31)22-43-15-17-44(18-16-43)30(48)11-10-25(47)9-8-12-42(2)3/h8-9,19-21,23H,4-7,10-18,22H2,1-3H3,(H,38,39,49)/b9-8+. The number of anilines is 2. The van der Waals surface area contributed by atoms with Crippen molar-refractivity contribution in [3.8, 4) is 11.4 Å². The van der Waals surface area contributed by atoms with Crippen molar-refractivity contribution in [2.45, 2.75) is 51.7 Å². The van der Waals surface area contributed by atoms with E-state index in [1.165, 1.54) is 6.08 Å². The van der Waals surface area contributed by atoms with E-state index in [1.807, 2.05) is 25.1 Å². The first-order valence-corrected chi connectivity index (χ1v) is 16.9. The molecule has 2 amide bonds. The molecule has 5 rings (SSSR count). The fourth-order valence-corrected chi connectivity index (χ4v) is 6.06. The Hall–Kier alpha value is -4.57. The summed E-state index contributed by atoms with van der Waals surface area (Å²) < 4.78 is 49.5. The molecule has 2 aliphatic rings. The number of likely N-dealkylation sites (N-methyl/N-ethyl adjacent to an activating group) is 1. The number of ketones is 1. The molecule has 0 unspecified atom stereocenters. The number of rotatable bonds is 12. The molecule has 13 nitrogen and oxygen atoms in total. The summed E-state index contributed by atoms with van der Waals surface area (Å²) in [6.45, 7) is 6.63. The van der Waals surface area contributed by atoms with Crippen molar-refractivity contribution in [3.63, 3.8) is 0 Å². The minimum Gasteiger partial charge on any atom is -0.450 e. The largest absolute Gasteiger partial charge is 0.450 e. The number of ether oxygens (including phenoxy) is 1. The number of carbonyl (C=O) groups excluding carboxylic acids is 3. The highest BCUT2D eigenvalue weighted by molar-refractivity contribution is 5.92.